The second kappa shape index (κ2) is 7.39. The van der Waals surface area contributed by atoms with E-state index >= 15 is 0 Å². The van der Waals surface area contributed by atoms with Crippen molar-refractivity contribution in [2.45, 2.75) is 32.7 Å². The van der Waals surface area contributed by atoms with Crippen LogP contribution in [0.5, 0.6) is 0 Å². The predicted octanol–water partition coefficient (Wildman–Crippen LogP) is 4.16. The average Bonchev–Trinajstić information content (AvgIpc) is 2.94. The molecular formula is C18H23BrN6. The molecule has 0 fully saturated rings. The lowest BCUT2D eigenvalue weighted by Gasteiger charge is -2.15. The van der Waals surface area contributed by atoms with Crippen LogP contribution in [0.25, 0.3) is 11.0 Å². The highest BCUT2D eigenvalue weighted by atomic mass is 79.9. The summed E-state index contributed by atoms with van der Waals surface area (Å²) in [5.74, 6) is 1.76. The third kappa shape index (κ3) is 4.10. The molecule has 0 aliphatic rings. The summed E-state index contributed by atoms with van der Waals surface area (Å²) in [4.78, 5) is 9.26. The first kappa shape index (κ1) is 17.7. The molecule has 2 heterocycles. The molecule has 0 spiro atoms. The van der Waals surface area contributed by atoms with E-state index in [1.54, 1.807) is 10.9 Å². The molecule has 0 amide bonds. The van der Waals surface area contributed by atoms with Gasteiger partial charge in [0, 0.05) is 24.1 Å². The molecule has 3 rings (SSSR count). The summed E-state index contributed by atoms with van der Waals surface area (Å²) >= 11 is 3.53. The van der Waals surface area contributed by atoms with Gasteiger partial charge < -0.3 is 10.6 Å². The molecule has 0 saturated carbocycles. The minimum absolute atomic E-state index is 0.284. The number of hydrogen-bond acceptors (Lipinski definition) is 5. The SMILES string of the molecule is CC(C)Nc1nc(NC[C@H](C)c2cccc(Br)c2)nc2c1cnn2C. The van der Waals surface area contributed by atoms with E-state index < -0.39 is 0 Å². The Bertz CT molecular complexity index is 873. The van der Waals surface area contributed by atoms with Crippen LogP contribution in [0.4, 0.5) is 11.8 Å². The van der Waals surface area contributed by atoms with Crippen LogP contribution in [0.2, 0.25) is 0 Å². The first-order chi connectivity index (χ1) is 11.9. The van der Waals surface area contributed by atoms with Crippen LogP contribution in [0, 0.1) is 0 Å². The largest absolute Gasteiger partial charge is 0.367 e. The summed E-state index contributed by atoms with van der Waals surface area (Å²) in [6, 6.07) is 8.65. The minimum Gasteiger partial charge on any atom is -0.367 e. The third-order valence-corrected chi connectivity index (χ3v) is 4.49. The number of fused-ring (bicyclic) bond motifs is 1. The standard InChI is InChI=1S/C18H23BrN6/c1-11(2)22-16-15-10-21-25(4)17(15)24-18(23-16)20-9-12(3)13-6-5-7-14(19)8-13/h5-8,10-12H,9H2,1-4H3,(H2,20,22,23,24)/t12-/m0/s1. The number of aromatic nitrogens is 4. The second-order valence-electron chi connectivity index (χ2n) is 6.54. The fraction of sp³-hybridized carbons (Fsp3) is 0.389. The lowest BCUT2D eigenvalue weighted by atomic mass is 10.0. The van der Waals surface area contributed by atoms with E-state index in [1.165, 1.54) is 5.56 Å². The third-order valence-electron chi connectivity index (χ3n) is 4.00. The molecule has 0 aliphatic carbocycles. The number of nitrogens with one attached hydrogen (secondary N) is 2. The fourth-order valence-corrected chi connectivity index (χ4v) is 3.08. The van der Waals surface area contributed by atoms with E-state index in [1.807, 2.05) is 13.1 Å². The monoisotopic (exact) mass is 402 g/mol. The molecule has 0 aliphatic heterocycles. The van der Waals surface area contributed by atoms with Gasteiger partial charge in [-0.25, -0.2) is 0 Å². The number of nitrogens with zero attached hydrogens (tertiary/aromatic N) is 4. The van der Waals surface area contributed by atoms with E-state index in [9.17, 15) is 0 Å². The quantitative estimate of drug-likeness (QED) is 0.647. The van der Waals surface area contributed by atoms with Crippen molar-refractivity contribution in [3.05, 3.63) is 40.5 Å². The highest BCUT2D eigenvalue weighted by molar-refractivity contribution is 9.10. The lowest BCUT2D eigenvalue weighted by molar-refractivity contribution is 0.779. The van der Waals surface area contributed by atoms with Crippen LogP contribution in [-0.2, 0) is 7.05 Å². The van der Waals surface area contributed by atoms with Crippen LogP contribution < -0.4 is 10.6 Å². The van der Waals surface area contributed by atoms with Gasteiger partial charge in [0.15, 0.2) is 5.65 Å². The Balaban J connectivity index is 1.82. The van der Waals surface area contributed by atoms with Crippen LogP contribution in [0.3, 0.4) is 0 Å². The highest BCUT2D eigenvalue weighted by Crippen LogP contribution is 2.23. The number of anilines is 2. The van der Waals surface area contributed by atoms with Crippen molar-refractivity contribution >= 4 is 38.7 Å². The molecule has 1 atom stereocenters. The fourth-order valence-electron chi connectivity index (χ4n) is 2.66. The summed E-state index contributed by atoms with van der Waals surface area (Å²) in [5.41, 5.74) is 2.08. The molecule has 3 aromatic rings. The second-order valence-corrected chi connectivity index (χ2v) is 7.45. The maximum absolute atomic E-state index is 4.64. The van der Waals surface area contributed by atoms with E-state index in [2.05, 4.69) is 80.6 Å². The molecule has 6 nitrogen and oxygen atoms in total. The van der Waals surface area contributed by atoms with Crippen molar-refractivity contribution in [1.82, 2.24) is 19.7 Å². The Kier molecular flexibility index (Phi) is 5.22. The maximum atomic E-state index is 4.64. The van der Waals surface area contributed by atoms with Gasteiger partial charge in [-0.3, -0.25) is 4.68 Å². The zero-order chi connectivity index (χ0) is 18.0. The normalized spacial score (nSPS) is 12.6. The van der Waals surface area contributed by atoms with Gasteiger partial charge in [0.05, 0.1) is 11.6 Å². The van der Waals surface area contributed by atoms with Crippen molar-refractivity contribution in [2.75, 3.05) is 17.2 Å². The van der Waals surface area contributed by atoms with Gasteiger partial charge in [-0.1, -0.05) is 35.0 Å². The summed E-state index contributed by atoms with van der Waals surface area (Å²) in [6.45, 7) is 7.12. The zero-order valence-corrected chi connectivity index (χ0v) is 16.5. The van der Waals surface area contributed by atoms with Crippen molar-refractivity contribution in [3.8, 4) is 0 Å². The summed E-state index contributed by atoms with van der Waals surface area (Å²) in [7, 11) is 1.89. The molecule has 1 aromatic carbocycles. The summed E-state index contributed by atoms with van der Waals surface area (Å²) in [6.07, 6.45) is 1.80. The van der Waals surface area contributed by atoms with Gasteiger partial charge in [-0.2, -0.15) is 15.1 Å². The van der Waals surface area contributed by atoms with E-state index in [4.69, 9.17) is 0 Å². The number of aryl methyl sites for hydroxylation is 1. The lowest BCUT2D eigenvalue weighted by Crippen LogP contribution is -2.15. The van der Waals surface area contributed by atoms with Gasteiger partial charge in [0.2, 0.25) is 5.95 Å². The molecular weight excluding hydrogens is 380 g/mol. The highest BCUT2D eigenvalue weighted by Gasteiger charge is 2.13. The van der Waals surface area contributed by atoms with Crippen molar-refractivity contribution < 1.29 is 0 Å². The van der Waals surface area contributed by atoms with Crippen LogP contribution in [0.1, 0.15) is 32.3 Å². The van der Waals surface area contributed by atoms with Gasteiger partial charge in [-0.05, 0) is 37.5 Å². The van der Waals surface area contributed by atoms with Gasteiger partial charge in [-0.15, -0.1) is 0 Å². The number of rotatable bonds is 6. The predicted molar refractivity (Wildman–Crippen MR) is 106 cm³/mol. The van der Waals surface area contributed by atoms with Gasteiger partial charge >= 0.3 is 0 Å². The summed E-state index contributed by atoms with van der Waals surface area (Å²) < 4.78 is 2.86. The molecule has 7 heteroatoms. The Hall–Kier alpha value is -2.15. The molecule has 0 saturated heterocycles. The van der Waals surface area contributed by atoms with Gasteiger partial charge in [0.1, 0.15) is 5.82 Å². The Morgan fingerprint density at radius 3 is 2.72 bits per heavy atom. The molecule has 2 aromatic heterocycles. The Labute approximate surface area is 156 Å². The zero-order valence-electron chi connectivity index (χ0n) is 14.9. The molecule has 25 heavy (non-hydrogen) atoms. The smallest absolute Gasteiger partial charge is 0.226 e. The number of benzene rings is 1. The van der Waals surface area contributed by atoms with E-state index in [0.717, 1.165) is 27.9 Å². The van der Waals surface area contributed by atoms with E-state index in [-0.39, 0.29) is 6.04 Å². The van der Waals surface area contributed by atoms with Gasteiger partial charge in [0.25, 0.3) is 0 Å². The maximum Gasteiger partial charge on any atom is 0.226 e. The van der Waals surface area contributed by atoms with Crippen molar-refractivity contribution in [2.24, 2.45) is 7.05 Å². The Morgan fingerprint density at radius 1 is 1.20 bits per heavy atom. The Morgan fingerprint density at radius 2 is 2.00 bits per heavy atom. The van der Waals surface area contributed by atoms with Crippen LogP contribution in [-0.4, -0.2) is 32.3 Å². The molecule has 0 unspecified atom stereocenters. The minimum atomic E-state index is 0.284. The first-order valence-electron chi connectivity index (χ1n) is 8.39. The molecule has 2 N–H and O–H groups in total. The van der Waals surface area contributed by atoms with Crippen LogP contribution >= 0.6 is 15.9 Å². The number of hydrogen-bond donors (Lipinski definition) is 2. The molecule has 132 valence electrons. The number of halogens is 1. The summed E-state index contributed by atoms with van der Waals surface area (Å²) in [5, 5.41) is 12.0. The molecule has 0 bridgehead atoms. The topological polar surface area (TPSA) is 67.7 Å². The average molecular weight is 403 g/mol. The van der Waals surface area contributed by atoms with Crippen molar-refractivity contribution in [1.29, 1.82) is 0 Å². The molecule has 0 radical (unpaired) electrons. The first-order valence-corrected chi connectivity index (χ1v) is 9.19. The van der Waals surface area contributed by atoms with E-state index in [0.29, 0.717) is 11.9 Å². The van der Waals surface area contributed by atoms with Crippen LogP contribution in [0.15, 0.2) is 34.9 Å². The van der Waals surface area contributed by atoms with Crippen molar-refractivity contribution in [3.63, 3.8) is 0 Å².